The van der Waals surface area contributed by atoms with Gasteiger partial charge in [0.05, 0.1) is 11.4 Å². The Morgan fingerprint density at radius 2 is 1.88 bits per heavy atom. The Hall–Kier alpha value is -3.50. The number of alkyl halides is 2. The summed E-state index contributed by atoms with van der Waals surface area (Å²) in [5.74, 6) is -0.430. The van der Waals surface area contributed by atoms with Gasteiger partial charge in [0.15, 0.2) is 0 Å². The van der Waals surface area contributed by atoms with Gasteiger partial charge < -0.3 is 10.1 Å². The van der Waals surface area contributed by atoms with Crippen LogP contribution < -0.4 is 10.1 Å². The lowest BCUT2D eigenvalue weighted by molar-refractivity contribution is -0.159. The average Bonchev–Trinajstić information content (AvgIpc) is 2.74. The molecule has 3 rings (SSSR count). The van der Waals surface area contributed by atoms with E-state index in [1.165, 1.54) is 18.2 Å². The second-order valence-corrected chi connectivity index (χ2v) is 8.09. The normalized spacial score (nSPS) is 12.1. The van der Waals surface area contributed by atoms with Crippen molar-refractivity contribution in [1.29, 1.82) is 0 Å². The summed E-state index contributed by atoms with van der Waals surface area (Å²) in [6.07, 6.45) is -1.65. The van der Waals surface area contributed by atoms with E-state index in [4.69, 9.17) is 9.72 Å². The van der Waals surface area contributed by atoms with Gasteiger partial charge in [-0.2, -0.15) is 8.78 Å². The van der Waals surface area contributed by atoms with E-state index in [0.717, 1.165) is 33.6 Å². The van der Waals surface area contributed by atoms with Crippen molar-refractivity contribution in [1.82, 2.24) is 10.3 Å². The SMILES string of the molecule is C=C=CNCC(c1cccc(F)c1)c1cc(C)c(C)c(-c2ccc(OC(C)(F)F)c(C)c2)n1. The minimum absolute atomic E-state index is 0.120. The number of ether oxygens (including phenoxy) is 1. The lowest BCUT2D eigenvalue weighted by atomic mass is 9.92. The summed E-state index contributed by atoms with van der Waals surface area (Å²) in [6, 6.07) is 13.5. The molecule has 172 valence electrons. The summed E-state index contributed by atoms with van der Waals surface area (Å²) < 4.78 is 45.4. The highest BCUT2D eigenvalue weighted by molar-refractivity contribution is 5.67. The molecule has 0 aliphatic heterocycles. The summed E-state index contributed by atoms with van der Waals surface area (Å²) >= 11 is 0. The van der Waals surface area contributed by atoms with Crippen molar-refractivity contribution in [2.75, 3.05) is 6.54 Å². The summed E-state index contributed by atoms with van der Waals surface area (Å²) in [6.45, 7) is 10.4. The van der Waals surface area contributed by atoms with Crippen LogP contribution in [0.1, 0.15) is 40.8 Å². The Bertz CT molecular complexity index is 1190. The van der Waals surface area contributed by atoms with Crippen LogP contribution in [0.15, 0.2) is 67.0 Å². The van der Waals surface area contributed by atoms with Crippen molar-refractivity contribution in [2.24, 2.45) is 0 Å². The summed E-state index contributed by atoms with van der Waals surface area (Å²) in [5, 5.41) is 3.13. The third-order valence-electron chi connectivity index (χ3n) is 5.42. The molecule has 1 heterocycles. The fourth-order valence-corrected chi connectivity index (χ4v) is 3.69. The number of benzene rings is 2. The zero-order valence-corrected chi connectivity index (χ0v) is 19.2. The Morgan fingerprint density at radius 1 is 1.12 bits per heavy atom. The van der Waals surface area contributed by atoms with Crippen LogP contribution in [0.3, 0.4) is 0 Å². The van der Waals surface area contributed by atoms with Crippen LogP contribution in [0, 0.1) is 26.6 Å². The van der Waals surface area contributed by atoms with Crippen molar-refractivity contribution in [3.8, 4) is 17.0 Å². The number of halogens is 3. The van der Waals surface area contributed by atoms with Gasteiger partial charge in [-0.05, 0) is 79.4 Å². The maximum Gasteiger partial charge on any atom is 0.394 e. The molecule has 0 saturated carbocycles. The van der Waals surface area contributed by atoms with Gasteiger partial charge in [-0.15, -0.1) is 5.73 Å². The van der Waals surface area contributed by atoms with E-state index in [-0.39, 0.29) is 17.5 Å². The van der Waals surface area contributed by atoms with E-state index in [9.17, 15) is 13.2 Å². The molecule has 33 heavy (non-hydrogen) atoms. The monoisotopic (exact) mass is 452 g/mol. The third kappa shape index (κ3) is 6.05. The van der Waals surface area contributed by atoms with Crippen LogP contribution in [0.4, 0.5) is 13.2 Å². The Labute approximate surface area is 192 Å². The van der Waals surface area contributed by atoms with Crippen molar-refractivity contribution >= 4 is 0 Å². The quantitative estimate of drug-likeness (QED) is 0.381. The molecule has 0 spiro atoms. The van der Waals surface area contributed by atoms with Gasteiger partial charge in [0, 0.05) is 31.1 Å². The number of nitrogens with one attached hydrogen (secondary N) is 1. The number of pyridine rings is 1. The number of aryl methyl sites for hydroxylation is 2. The summed E-state index contributed by atoms with van der Waals surface area (Å²) in [5.41, 5.74) is 8.34. The van der Waals surface area contributed by atoms with Gasteiger partial charge in [-0.1, -0.05) is 18.7 Å². The largest absolute Gasteiger partial charge is 0.433 e. The first-order valence-corrected chi connectivity index (χ1v) is 10.6. The number of hydrogen-bond acceptors (Lipinski definition) is 3. The zero-order chi connectivity index (χ0) is 24.2. The first kappa shape index (κ1) is 24.1. The van der Waals surface area contributed by atoms with Crippen LogP contribution in [-0.4, -0.2) is 17.6 Å². The van der Waals surface area contributed by atoms with E-state index < -0.39 is 6.11 Å². The van der Waals surface area contributed by atoms with Crippen LogP contribution in [0.5, 0.6) is 5.75 Å². The molecule has 0 amide bonds. The van der Waals surface area contributed by atoms with Gasteiger partial charge in [-0.3, -0.25) is 4.98 Å². The summed E-state index contributed by atoms with van der Waals surface area (Å²) in [7, 11) is 0. The Balaban J connectivity index is 2.08. The second-order valence-electron chi connectivity index (χ2n) is 8.09. The zero-order valence-electron chi connectivity index (χ0n) is 19.2. The van der Waals surface area contributed by atoms with Crippen molar-refractivity contribution in [2.45, 2.75) is 39.7 Å². The fraction of sp³-hybridized carbons (Fsp3) is 0.259. The highest BCUT2D eigenvalue weighted by Crippen LogP contribution is 2.33. The second kappa shape index (κ2) is 9.97. The predicted octanol–water partition coefficient (Wildman–Crippen LogP) is 6.82. The van der Waals surface area contributed by atoms with E-state index in [1.807, 2.05) is 26.0 Å². The van der Waals surface area contributed by atoms with Crippen LogP contribution in [-0.2, 0) is 0 Å². The molecule has 0 saturated heterocycles. The minimum atomic E-state index is -3.26. The number of hydrogen-bond donors (Lipinski definition) is 1. The number of aromatic nitrogens is 1. The molecule has 0 aliphatic carbocycles. The molecule has 6 heteroatoms. The van der Waals surface area contributed by atoms with Gasteiger partial charge in [-0.25, -0.2) is 4.39 Å². The molecule has 0 aliphatic rings. The molecule has 3 aromatic rings. The molecule has 0 radical (unpaired) electrons. The number of nitrogens with zero attached hydrogens (tertiary/aromatic N) is 1. The molecular formula is C27H27F3N2O. The average molecular weight is 453 g/mol. The van der Waals surface area contributed by atoms with Crippen molar-refractivity contribution in [3.05, 3.63) is 101 Å². The van der Waals surface area contributed by atoms with Gasteiger partial charge in [0.2, 0.25) is 0 Å². The molecule has 1 aromatic heterocycles. The van der Waals surface area contributed by atoms with Gasteiger partial charge in [0.1, 0.15) is 11.6 Å². The van der Waals surface area contributed by atoms with Gasteiger partial charge in [0.25, 0.3) is 0 Å². The van der Waals surface area contributed by atoms with E-state index in [1.54, 1.807) is 31.3 Å². The van der Waals surface area contributed by atoms with Crippen LogP contribution >= 0.6 is 0 Å². The standard InChI is InChI=1S/C27H27F3N2O/c1-6-12-31-16-23(20-8-7-9-22(28)15-20)24-14-17(2)19(4)26(32-24)21-10-11-25(18(3)13-21)33-27(5,29)30/h7-15,23,31H,1,16H2,2-5H3. The fourth-order valence-electron chi connectivity index (χ4n) is 3.69. The van der Waals surface area contributed by atoms with E-state index >= 15 is 0 Å². The van der Waals surface area contributed by atoms with Crippen LogP contribution in [0.2, 0.25) is 0 Å². The molecule has 3 nitrogen and oxygen atoms in total. The molecule has 1 unspecified atom stereocenters. The predicted molar refractivity (Wildman–Crippen MR) is 125 cm³/mol. The maximum absolute atomic E-state index is 14.0. The lowest BCUT2D eigenvalue weighted by Crippen LogP contribution is -2.20. The highest BCUT2D eigenvalue weighted by atomic mass is 19.3. The third-order valence-corrected chi connectivity index (χ3v) is 5.42. The topological polar surface area (TPSA) is 34.1 Å². The van der Waals surface area contributed by atoms with E-state index in [2.05, 4.69) is 17.6 Å². The smallest absolute Gasteiger partial charge is 0.394 e. The lowest BCUT2D eigenvalue weighted by Gasteiger charge is -2.21. The molecular weight excluding hydrogens is 425 g/mol. The van der Waals surface area contributed by atoms with Gasteiger partial charge >= 0.3 is 6.11 Å². The summed E-state index contributed by atoms with van der Waals surface area (Å²) in [4.78, 5) is 4.93. The number of rotatable bonds is 8. The van der Waals surface area contributed by atoms with E-state index in [0.29, 0.717) is 19.0 Å². The first-order valence-electron chi connectivity index (χ1n) is 10.6. The van der Waals surface area contributed by atoms with Crippen molar-refractivity contribution < 1.29 is 17.9 Å². The molecule has 2 aromatic carbocycles. The molecule has 1 atom stereocenters. The van der Waals surface area contributed by atoms with Crippen LogP contribution in [0.25, 0.3) is 11.3 Å². The molecule has 0 fully saturated rings. The molecule has 1 N–H and O–H groups in total. The van der Waals surface area contributed by atoms with Crippen molar-refractivity contribution in [3.63, 3.8) is 0 Å². The first-order chi connectivity index (χ1) is 15.6. The maximum atomic E-state index is 14.0. The Morgan fingerprint density at radius 3 is 2.52 bits per heavy atom. The highest BCUT2D eigenvalue weighted by Gasteiger charge is 2.24. The minimum Gasteiger partial charge on any atom is -0.433 e. The molecule has 0 bridgehead atoms. The Kier molecular flexibility index (Phi) is 7.29.